The van der Waals surface area contributed by atoms with Gasteiger partial charge in [0.1, 0.15) is 5.82 Å². The van der Waals surface area contributed by atoms with Crippen molar-refractivity contribution < 1.29 is 9.59 Å². The number of hydrogen-bond donors (Lipinski definition) is 1. The molecule has 1 aromatic carbocycles. The van der Waals surface area contributed by atoms with Crippen LogP contribution in [0.4, 0.5) is 5.82 Å². The van der Waals surface area contributed by atoms with E-state index in [1.807, 2.05) is 54.3 Å². The number of hydrogen-bond acceptors (Lipinski definition) is 3. The van der Waals surface area contributed by atoms with Gasteiger partial charge in [-0.2, -0.15) is 0 Å². The topological polar surface area (TPSA) is 62.3 Å². The van der Waals surface area contributed by atoms with Crippen molar-refractivity contribution in [3.63, 3.8) is 0 Å². The predicted octanol–water partition coefficient (Wildman–Crippen LogP) is 4.54. The molecule has 2 aromatic rings. The molecule has 5 heteroatoms. The molecule has 1 aromatic heterocycles. The van der Waals surface area contributed by atoms with Gasteiger partial charge < -0.3 is 10.2 Å². The summed E-state index contributed by atoms with van der Waals surface area (Å²) in [5.41, 5.74) is 1.91. The van der Waals surface area contributed by atoms with Crippen molar-refractivity contribution in [1.82, 2.24) is 9.88 Å². The van der Waals surface area contributed by atoms with Crippen LogP contribution in [-0.4, -0.2) is 33.8 Å². The Morgan fingerprint density at radius 2 is 1.90 bits per heavy atom. The van der Waals surface area contributed by atoms with Gasteiger partial charge in [0, 0.05) is 17.8 Å². The van der Waals surface area contributed by atoms with Gasteiger partial charge in [0.25, 0.3) is 5.91 Å². The minimum absolute atomic E-state index is 0.0638. The van der Waals surface area contributed by atoms with E-state index in [9.17, 15) is 9.59 Å². The maximum atomic E-state index is 13.7. The molecule has 0 radical (unpaired) electrons. The lowest BCUT2D eigenvalue weighted by Crippen LogP contribution is -2.60. The first-order chi connectivity index (χ1) is 13.9. The molecule has 29 heavy (non-hydrogen) atoms. The fraction of sp³-hybridized carbons (Fsp3) is 0.458. The lowest BCUT2D eigenvalue weighted by Gasteiger charge is -2.50. The molecule has 5 nitrogen and oxygen atoms in total. The Balaban J connectivity index is 1.81. The van der Waals surface area contributed by atoms with Crippen LogP contribution >= 0.6 is 0 Å². The number of amides is 2. The zero-order valence-electron chi connectivity index (χ0n) is 17.4. The summed E-state index contributed by atoms with van der Waals surface area (Å²) in [4.78, 5) is 33.6. The standard InChI is InChI=1S/C24H29N3O2/c1-16(2)15-27-23(29)19-11-5-4-10-18(19)21(24(27)13-6-7-14-24)22(28)26-20-12-8-9-17(3)25-20/h4-5,8-12,16,21H,6-7,13-15H2,1-3H3,(H,25,26,28)/t21-/m1/s1. The molecule has 152 valence electrons. The Kier molecular flexibility index (Phi) is 5.15. The molecule has 0 bridgehead atoms. The number of anilines is 1. The van der Waals surface area contributed by atoms with Gasteiger partial charge in [-0.1, -0.05) is 51.0 Å². The van der Waals surface area contributed by atoms with Gasteiger partial charge in [0.05, 0.1) is 11.5 Å². The maximum Gasteiger partial charge on any atom is 0.254 e. The summed E-state index contributed by atoms with van der Waals surface area (Å²) in [5, 5.41) is 3.05. The number of aryl methyl sites for hydroxylation is 1. The average molecular weight is 392 g/mol. The number of nitrogens with one attached hydrogen (secondary N) is 1. The van der Waals surface area contributed by atoms with Crippen LogP contribution in [-0.2, 0) is 4.79 Å². The smallest absolute Gasteiger partial charge is 0.254 e. The number of aromatic nitrogens is 1. The number of pyridine rings is 1. The molecule has 1 fully saturated rings. The van der Waals surface area contributed by atoms with Gasteiger partial charge in [-0.15, -0.1) is 0 Å². The molecule has 1 aliphatic carbocycles. The summed E-state index contributed by atoms with van der Waals surface area (Å²) in [6.45, 7) is 6.83. The number of nitrogens with zero attached hydrogens (tertiary/aromatic N) is 2. The maximum absolute atomic E-state index is 13.7. The monoisotopic (exact) mass is 391 g/mol. The summed E-state index contributed by atoms with van der Waals surface area (Å²) >= 11 is 0. The Labute approximate surface area is 172 Å². The van der Waals surface area contributed by atoms with Crippen molar-refractivity contribution in [2.24, 2.45) is 5.92 Å². The van der Waals surface area contributed by atoms with Crippen molar-refractivity contribution in [3.05, 3.63) is 59.3 Å². The van der Waals surface area contributed by atoms with E-state index in [1.165, 1.54) is 0 Å². The average Bonchev–Trinajstić information content (AvgIpc) is 3.15. The third kappa shape index (κ3) is 3.43. The zero-order chi connectivity index (χ0) is 20.6. The molecule has 1 N–H and O–H groups in total. The van der Waals surface area contributed by atoms with Gasteiger partial charge in [-0.05, 0) is 49.4 Å². The summed E-state index contributed by atoms with van der Waals surface area (Å²) in [7, 11) is 0. The highest BCUT2D eigenvalue weighted by molar-refractivity contribution is 6.05. The molecule has 1 aliphatic heterocycles. The van der Waals surface area contributed by atoms with E-state index < -0.39 is 5.54 Å². The highest BCUT2D eigenvalue weighted by atomic mass is 16.2. The lowest BCUT2D eigenvalue weighted by molar-refractivity contribution is -0.121. The first-order valence-electron chi connectivity index (χ1n) is 10.6. The van der Waals surface area contributed by atoms with Gasteiger partial charge in [0.15, 0.2) is 0 Å². The van der Waals surface area contributed by atoms with Crippen molar-refractivity contribution in [2.45, 2.75) is 57.9 Å². The summed E-state index contributed by atoms with van der Waals surface area (Å²) in [6, 6.07) is 13.2. The predicted molar refractivity (Wildman–Crippen MR) is 114 cm³/mol. The SMILES string of the molecule is Cc1cccc(NC(=O)[C@H]2c3ccccc3C(=O)N(CC(C)C)C23CCCC3)n1. The summed E-state index contributed by atoms with van der Waals surface area (Å²) in [5.74, 6) is 0.504. The van der Waals surface area contributed by atoms with Crippen molar-refractivity contribution >= 4 is 17.6 Å². The van der Waals surface area contributed by atoms with Gasteiger partial charge >= 0.3 is 0 Å². The Bertz CT molecular complexity index is 931. The van der Waals surface area contributed by atoms with Crippen molar-refractivity contribution in [2.75, 3.05) is 11.9 Å². The molecule has 0 unspecified atom stereocenters. The van der Waals surface area contributed by atoms with Gasteiger partial charge in [0.2, 0.25) is 5.91 Å². The molecular formula is C24H29N3O2. The van der Waals surface area contributed by atoms with Crippen LogP contribution < -0.4 is 5.32 Å². The highest BCUT2D eigenvalue weighted by Crippen LogP contribution is 2.50. The van der Waals surface area contributed by atoms with Crippen molar-refractivity contribution in [1.29, 1.82) is 0 Å². The molecule has 2 aliphatic rings. The second-order valence-corrected chi connectivity index (χ2v) is 8.79. The molecule has 1 saturated carbocycles. The van der Waals surface area contributed by atoms with E-state index in [-0.39, 0.29) is 17.7 Å². The Morgan fingerprint density at radius 1 is 1.17 bits per heavy atom. The van der Waals surface area contributed by atoms with Crippen LogP contribution in [0.15, 0.2) is 42.5 Å². The first kappa shape index (κ1) is 19.6. The van der Waals surface area contributed by atoms with Gasteiger partial charge in [-0.25, -0.2) is 4.98 Å². The van der Waals surface area contributed by atoms with E-state index in [1.54, 1.807) is 0 Å². The zero-order valence-corrected chi connectivity index (χ0v) is 17.4. The quantitative estimate of drug-likeness (QED) is 0.832. The van der Waals surface area contributed by atoms with E-state index in [4.69, 9.17) is 0 Å². The largest absolute Gasteiger partial charge is 0.332 e. The second-order valence-electron chi connectivity index (χ2n) is 8.79. The molecule has 2 amide bonds. The molecule has 4 rings (SSSR count). The Hall–Kier alpha value is -2.69. The lowest BCUT2D eigenvalue weighted by atomic mass is 9.70. The normalized spacial score (nSPS) is 20.2. The summed E-state index contributed by atoms with van der Waals surface area (Å²) in [6.07, 6.45) is 3.80. The van der Waals surface area contributed by atoms with E-state index in [0.717, 1.165) is 36.9 Å². The minimum Gasteiger partial charge on any atom is -0.332 e. The molecule has 1 atom stereocenters. The van der Waals surface area contributed by atoms with Gasteiger partial charge in [-0.3, -0.25) is 9.59 Å². The van der Waals surface area contributed by atoms with Crippen LogP contribution in [0.1, 0.15) is 67.1 Å². The molecule has 0 saturated heterocycles. The Morgan fingerprint density at radius 3 is 2.59 bits per heavy atom. The third-order valence-electron chi connectivity index (χ3n) is 6.24. The van der Waals surface area contributed by atoms with E-state index in [0.29, 0.717) is 23.8 Å². The fourth-order valence-corrected chi connectivity index (χ4v) is 5.11. The number of carbonyl (C=O) groups excluding carboxylic acids is 2. The number of rotatable bonds is 4. The molecular weight excluding hydrogens is 362 g/mol. The van der Waals surface area contributed by atoms with Crippen LogP contribution in [0.25, 0.3) is 0 Å². The fourth-order valence-electron chi connectivity index (χ4n) is 5.11. The van der Waals surface area contributed by atoms with Crippen LogP contribution in [0.2, 0.25) is 0 Å². The number of benzene rings is 1. The van der Waals surface area contributed by atoms with E-state index >= 15 is 0 Å². The van der Waals surface area contributed by atoms with E-state index in [2.05, 4.69) is 24.1 Å². The first-order valence-corrected chi connectivity index (χ1v) is 10.6. The van der Waals surface area contributed by atoms with Crippen molar-refractivity contribution in [3.8, 4) is 0 Å². The third-order valence-corrected chi connectivity index (χ3v) is 6.24. The highest BCUT2D eigenvalue weighted by Gasteiger charge is 2.55. The molecule has 2 heterocycles. The van der Waals surface area contributed by atoms with Crippen LogP contribution in [0.3, 0.4) is 0 Å². The van der Waals surface area contributed by atoms with Crippen LogP contribution in [0, 0.1) is 12.8 Å². The van der Waals surface area contributed by atoms with Crippen LogP contribution in [0.5, 0.6) is 0 Å². The number of fused-ring (bicyclic) bond motifs is 1. The minimum atomic E-state index is -0.455. The summed E-state index contributed by atoms with van der Waals surface area (Å²) < 4.78 is 0. The second kappa shape index (κ2) is 7.62. The number of carbonyl (C=O) groups is 2. The molecule has 1 spiro atoms.